The summed E-state index contributed by atoms with van der Waals surface area (Å²) in [4.78, 5) is 7.25. The van der Waals surface area contributed by atoms with Gasteiger partial charge in [0.05, 0.1) is 19.1 Å². The fourth-order valence-corrected chi connectivity index (χ4v) is 4.08. The Hall–Kier alpha value is -1.49. The number of nitrogens with two attached hydrogens (primary N) is 1. The van der Waals surface area contributed by atoms with Crippen LogP contribution in [0.5, 0.6) is 0 Å². The van der Waals surface area contributed by atoms with Crippen molar-refractivity contribution in [1.82, 2.24) is 9.88 Å². The van der Waals surface area contributed by atoms with E-state index in [0.717, 1.165) is 34.7 Å². The van der Waals surface area contributed by atoms with Gasteiger partial charge in [-0.1, -0.05) is 32.0 Å². The van der Waals surface area contributed by atoms with E-state index in [0.29, 0.717) is 6.67 Å². The van der Waals surface area contributed by atoms with Crippen LogP contribution in [0.15, 0.2) is 30.3 Å². The van der Waals surface area contributed by atoms with Gasteiger partial charge in [-0.15, -0.1) is 0 Å². The number of rotatable bonds is 5. The zero-order chi connectivity index (χ0) is 19.2. The molecule has 0 spiro atoms. The SMILES string of the molecule is CC.Cc1nc2ccccc2cc1C[N+](C)(CN)C[C@H]1CCCN(C)C1. The number of aryl methyl sites for hydroxylation is 1. The summed E-state index contributed by atoms with van der Waals surface area (Å²) in [5.41, 5.74) is 9.74. The van der Waals surface area contributed by atoms with Crippen molar-refractivity contribution in [3.05, 3.63) is 41.6 Å². The fraction of sp³-hybridized carbons (Fsp3) is 0.591. The highest BCUT2D eigenvalue weighted by Gasteiger charge is 2.29. The molecule has 1 saturated heterocycles. The highest BCUT2D eigenvalue weighted by Crippen LogP contribution is 2.23. The molecule has 144 valence electrons. The third kappa shape index (κ3) is 5.26. The highest BCUT2D eigenvalue weighted by molar-refractivity contribution is 5.79. The Kier molecular flexibility index (Phi) is 7.56. The molecule has 1 unspecified atom stereocenters. The van der Waals surface area contributed by atoms with Gasteiger partial charge in [-0.25, -0.2) is 0 Å². The maximum Gasteiger partial charge on any atom is 0.130 e. The topological polar surface area (TPSA) is 42.1 Å². The largest absolute Gasteiger partial charge is 0.310 e. The van der Waals surface area contributed by atoms with E-state index in [4.69, 9.17) is 10.7 Å². The minimum absolute atomic E-state index is 0.673. The molecule has 4 heteroatoms. The van der Waals surface area contributed by atoms with Crippen LogP contribution >= 0.6 is 0 Å². The van der Waals surface area contributed by atoms with Gasteiger partial charge in [0.2, 0.25) is 0 Å². The second-order valence-corrected chi connectivity index (χ2v) is 7.84. The Morgan fingerprint density at radius 3 is 2.69 bits per heavy atom. The molecule has 4 nitrogen and oxygen atoms in total. The third-order valence-electron chi connectivity index (χ3n) is 5.43. The van der Waals surface area contributed by atoms with Crippen LogP contribution in [0.3, 0.4) is 0 Å². The zero-order valence-electron chi connectivity index (χ0n) is 17.3. The standard InChI is InChI=1S/C20H31N4.C2H6/c1-16-19(11-18-8-4-5-9-20(18)22-16)14-24(3,15-21)13-17-7-6-10-23(2)12-17;1-2/h4-5,8-9,11,17H,6-7,10,12-15,21H2,1-3H3;1-2H3/q+1;/t17-,24?;/m0./s1. The van der Waals surface area contributed by atoms with Crippen molar-refractivity contribution < 1.29 is 4.48 Å². The van der Waals surface area contributed by atoms with Crippen molar-refractivity contribution in [2.75, 3.05) is 40.4 Å². The first-order chi connectivity index (χ1) is 12.5. The Labute approximate surface area is 159 Å². The minimum atomic E-state index is 0.673. The Balaban J connectivity index is 0.00000117. The molecule has 1 aromatic heterocycles. The molecule has 0 bridgehead atoms. The van der Waals surface area contributed by atoms with E-state index >= 15 is 0 Å². The van der Waals surface area contributed by atoms with Crippen molar-refractivity contribution in [3.63, 3.8) is 0 Å². The van der Waals surface area contributed by atoms with Crippen molar-refractivity contribution in [2.24, 2.45) is 11.7 Å². The third-order valence-corrected chi connectivity index (χ3v) is 5.43. The number of para-hydroxylation sites is 1. The number of fused-ring (bicyclic) bond motifs is 1. The molecular formula is C22H37N4+. The predicted molar refractivity (Wildman–Crippen MR) is 112 cm³/mol. The molecule has 0 amide bonds. The van der Waals surface area contributed by atoms with E-state index in [1.165, 1.54) is 36.9 Å². The van der Waals surface area contributed by atoms with Crippen LogP contribution in [0, 0.1) is 12.8 Å². The number of likely N-dealkylation sites (tertiary alicyclic amines) is 1. The molecule has 1 aromatic carbocycles. The van der Waals surface area contributed by atoms with E-state index in [9.17, 15) is 0 Å². The van der Waals surface area contributed by atoms with Gasteiger partial charge in [-0.05, 0) is 45.5 Å². The van der Waals surface area contributed by atoms with Crippen LogP contribution in [0.1, 0.15) is 37.9 Å². The van der Waals surface area contributed by atoms with Crippen LogP contribution in [0.2, 0.25) is 0 Å². The van der Waals surface area contributed by atoms with Crippen molar-refractivity contribution in [3.8, 4) is 0 Å². The minimum Gasteiger partial charge on any atom is -0.310 e. The van der Waals surface area contributed by atoms with Gasteiger partial charge in [0.25, 0.3) is 0 Å². The van der Waals surface area contributed by atoms with E-state index in [1.807, 2.05) is 19.9 Å². The number of piperidine rings is 1. The van der Waals surface area contributed by atoms with Gasteiger partial charge < -0.3 is 9.38 Å². The summed E-state index contributed by atoms with van der Waals surface area (Å²) in [7, 11) is 4.53. The quantitative estimate of drug-likeness (QED) is 0.654. The lowest BCUT2D eigenvalue weighted by atomic mass is 9.96. The molecule has 0 aliphatic carbocycles. The number of hydrogen-bond acceptors (Lipinski definition) is 3. The molecule has 1 fully saturated rings. The number of aromatic nitrogens is 1. The van der Waals surface area contributed by atoms with Crippen LogP contribution in [0.4, 0.5) is 0 Å². The van der Waals surface area contributed by atoms with Crippen LogP contribution < -0.4 is 5.73 Å². The number of nitrogens with zero attached hydrogens (tertiary/aromatic N) is 3. The lowest BCUT2D eigenvalue weighted by molar-refractivity contribution is -0.925. The zero-order valence-corrected chi connectivity index (χ0v) is 17.3. The lowest BCUT2D eigenvalue weighted by Gasteiger charge is -2.39. The number of quaternary nitrogens is 1. The first-order valence-electron chi connectivity index (χ1n) is 10.1. The summed E-state index contributed by atoms with van der Waals surface area (Å²) >= 11 is 0. The first-order valence-corrected chi connectivity index (χ1v) is 10.1. The molecular weight excluding hydrogens is 320 g/mol. The van der Waals surface area contributed by atoms with E-state index in [-0.39, 0.29) is 0 Å². The highest BCUT2D eigenvalue weighted by atomic mass is 15.4. The van der Waals surface area contributed by atoms with E-state index in [2.05, 4.69) is 50.2 Å². The maximum absolute atomic E-state index is 6.21. The van der Waals surface area contributed by atoms with Gasteiger partial charge in [-0.2, -0.15) is 0 Å². The summed E-state index contributed by atoms with van der Waals surface area (Å²) in [5, 5.41) is 1.22. The summed E-state index contributed by atoms with van der Waals surface area (Å²) in [6.07, 6.45) is 2.63. The molecule has 26 heavy (non-hydrogen) atoms. The first kappa shape index (κ1) is 20.8. The molecule has 2 atom stereocenters. The number of pyridine rings is 1. The molecule has 2 heterocycles. The molecule has 0 radical (unpaired) electrons. The predicted octanol–water partition coefficient (Wildman–Crippen LogP) is 3.77. The Morgan fingerprint density at radius 1 is 1.27 bits per heavy atom. The van der Waals surface area contributed by atoms with Gasteiger partial charge >= 0.3 is 0 Å². The van der Waals surface area contributed by atoms with Crippen LogP contribution in [-0.2, 0) is 6.54 Å². The lowest BCUT2D eigenvalue weighted by Crippen LogP contribution is -2.52. The number of hydrogen-bond donors (Lipinski definition) is 1. The monoisotopic (exact) mass is 357 g/mol. The number of benzene rings is 1. The van der Waals surface area contributed by atoms with Gasteiger partial charge in [0.1, 0.15) is 13.2 Å². The summed E-state index contributed by atoms with van der Waals surface area (Å²) < 4.78 is 0.888. The summed E-state index contributed by atoms with van der Waals surface area (Å²) in [5.74, 6) is 0.742. The second kappa shape index (κ2) is 9.45. The normalized spacial score (nSPS) is 20.3. The Morgan fingerprint density at radius 2 is 2.00 bits per heavy atom. The Bertz CT molecular complexity index is 700. The molecule has 2 aromatic rings. The second-order valence-electron chi connectivity index (χ2n) is 7.84. The van der Waals surface area contributed by atoms with Gasteiger partial charge in [-0.3, -0.25) is 10.7 Å². The molecule has 1 aliphatic rings. The van der Waals surface area contributed by atoms with Crippen molar-refractivity contribution in [2.45, 2.75) is 40.2 Å². The smallest absolute Gasteiger partial charge is 0.130 e. The molecule has 0 saturated carbocycles. The van der Waals surface area contributed by atoms with Gasteiger partial charge in [0.15, 0.2) is 0 Å². The molecule has 3 rings (SSSR count). The molecule has 1 aliphatic heterocycles. The van der Waals surface area contributed by atoms with E-state index < -0.39 is 0 Å². The average Bonchev–Trinajstić information content (AvgIpc) is 2.64. The van der Waals surface area contributed by atoms with Crippen molar-refractivity contribution in [1.29, 1.82) is 0 Å². The summed E-state index contributed by atoms with van der Waals surface area (Å²) in [6.45, 7) is 11.3. The van der Waals surface area contributed by atoms with Crippen LogP contribution in [0.25, 0.3) is 10.9 Å². The van der Waals surface area contributed by atoms with Crippen LogP contribution in [-0.4, -0.2) is 54.8 Å². The van der Waals surface area contributed by atoms with Crippen molar-refractivity contribution >= 4 is 10.9 Å². The summed E-state index contributed by atoms with van der Waals surface area (Å²) in [6, 6.07) is 10.7. The maximum atomic E-state index is 6.21. The van der Waals surface area contributed by atoms with E-state index in [1.54, 1.807) is 0 Å². The van der Waals surface area contributed by atoms with Gasteiger partial charge in [0, 0.05) is 29.1 Å². The molecule has 2 N–H and O–H groups in total. The average molecular weight is 358 g/mol. The fourth-order valence-electron chi connectivity index (χ4n) is 4.08.